The number of imidazole rings is 1. The number of rotatable bonds is 5. The molecule has 1 amide bonds. The lowest BCUT2D eigenvalue weighted by Crippen LogP contribution is -2.20. The zero-order chi connectivity index (χ0) is 22.9. The number of nitrogens with one attached hydrogen (secondary N) is 1. The van der Waals surface area contributed by atoms with Crippen LogP contribution in [0.3, 0.4) is 0 Å². The number of hydrogen-bond acceptors (Lipinski definition) is 6. The fraction of sp³-hybridized carbons (Fsp3) is 0.0800. The van der Waals surface area contributed by atoms with Gasteiger partial charge in [-0.3, -0.25) is 4.79 Å². The molecule has 0 saturated heterocycles. The van der Waals surface area contributed by atoms with Crippen molar-refractivity contribution in [2.75, 3.05) is 19.5 Å². The number of ether oxygens (including phenoxy) is 2. The van der Waals surface area contributed by atoms with E-state index < -0.39 is 11.5 Å². The molecule has 1 N–H and O–H groups in total. The average Bonchev–Trinajstić information content (AvgIpc) is 3.27. The number of methoxy groups -OCH3 is 2. The van der Waals surface area contributed by atoms with Crippen LogP contribution in [0.5, 0.6) is 11.5 Å². The third-order valence-corrected chi connectivity index (χ3v) is 5.27. The van der Waals surface area contributed by atoms with Gasteiger partial charge in [-0.2, -0.15) is 0 Å². The summed E-state index contributed by atoms with van der Waals surface area (Å²) >= 11 is 0. The first-order chi connectivity index (χ1) is 16.1. The van der Waals surface area contributed by atoms with Crippen molar-refractivity contribution < 1.29 is 18.7 Å². The molecule has 3 heterocycles. The largest absolute Gasteiger partial charge is 0.493 e. The fourth-order valence-electron chi connectivity index (χ4n) is 3.68. The van der Waals surface area contributed by atoms with Crippen LogP contribution in [-0.2, 0) is 0 Å². The summed E-state index contributed by atoms with van der Waals surface area (Å²) in [5.41, 5.74) is 2.27. The average molecular weight is 441 g/mol. The van der Waals surface area contributed by atoms with Crippen molar-refractivity contribution in [2.45, 2.75) is 0 Å². The molecule has 0 aliphatic rings. The Morgan fingerprint density at radius 3 is 2.70 bits per heavy atom. The number of carbonyl (C=O) groups is 1. The maximum atomic E-state index is 12.9. The standard InChI is InChI=1S/C25H19N3O5/c1-31-20-10-9-16-13-18(25(30)33-22(16)23(20)32-2)24(29)26-17-7-5-6-15(12-17)19-14-28-11-4-3-8-21(28)27-19/h3-14H,1-2H3,(H,26,29). The highest BCUT2D eigenvalue weighted by Gasteiger charge is 2.18. The number of amides is 1. The summed E-state index contributed by atoms with van der Waals surface area (Å²) in [6, 6.07) is 17.9. The molecule has 0 radical (unpaired) electrons. The molecule has 0 aliphatic heterocycles. The lowest BCUT2D eigenvalue weighted by Gasteiger charge is -2.10. The van der Waals surface area contributed by atoms with Crippen LogP contribution in [0.1, 0.15) is 10.4 Å². The van der Waals surface area contributed by atoms with E-state index in [2.05, 4.69) is 10.3 Å². The van der Waals surface area contributed by atoms with E-state index in [0.717, 1.165) is 16.9 Å². The number of aromatic nitrogens is 2. The number of hydrogen-bond donors (Lipinski definition) is 1. The van der Waals surface area contributed by atoms with E-state index in [1.54, 1.807) is 24.3 Å². The summed E-state index contributed by atoms with van der Waals surface area (Å²) in [4.78, 5) is 30.1. The van der Waals surface area contributed by atoms with Gasteiger partial charge in [-0.25, -0.2) is 9.78 Å². The Bertz CT molecular complexity index is 1530. The molecule has 8 nitrogen and oxygen atoms in total. The van der Waals surface area contributed by atoms with Crippen LogP contribution >= 0.6 is 0 Å². The molecule has 0 atom stereocenters. The smallest absolute Gasteiger partial charge is 0.349 e. The number of carbonyl (C=O) groups excluding carboxylic acids is 1. The normalized spacial score (nSPS) is 11.0. The third kappa shape index (κ3) is 3.67. The van der Waals surface area contributed by atoms with Crippen molar-refractivity contribution >= 4 is 28.2 Å². The molecule has 0 spiro atoms. The lowest BCUT2D eigenvalue weighted by molar-refractivity contribution is 0.102. The second-order valence-electron chi connectivity index (χ2n) is 7.29. The van der Waals surface area contributed by atoms with Crippen LogP contribution in [0.2, 0.25) is 0 Å². The summed E-state index contributed by atoms with van der Waals surface area (Å²) in [6.07, 6.45) is 3.83. The van der Waals surface area contributed by atoms with Gasteiger partial charge in [0.15, 0.2) is 11.3 Å². The Hall–Kier alpha value is -4.59. The molecular formula is C25H19N3O5. The zero-order valence-corrected chi connectivity index (χ0v) is 17.9. The van der Waals surface area contributed by atoms with Gasteiger partial charge in [-0.1, -0.05) is 18.2 Å². The second-order valence-corrected chi connectivity index (χ2v) is 7.29. The van der Waals surface area contributed by atoms with Crippen molar-refractivity contribution in [2.24, 2.45) is 0 Å². The maximum Gasteiger partial charge on any atom is 0.349 e. The maximum absolute atomic E-state index is 12.9. The Labute approximate surface area is 188 Å². The van der Waals surface area contributed by atoms with E-state index in [1.165, 1.54) is 20.3 Å². The van der Waals surface area contributed by atoms with Gasteiger partial charge in [0.2, 0.25) is 5.75 Å². The highest BCUT2D eigenvalue weighted by Crippen LogP contribution is 2.34. The topological polar surface area (TPSA) is 95.1 Å². The van der Waals surface area contributed by atoms with E-state index >= 15 is 0 Å². The Kier molecular flexibility index (Phi) is 5.02. The van der Waals surface area contributed by atoms with E-state index in [1.807, 2.05) is 47.1 Å². The monoisotopic (exact) mass is 441 g/mol. The molecule has 164 valence electrons. The first-order valence-corrected chi connectivity index (χ1v) is 10.1. The van der Waals surface area contributed by atoms with Gasteiger partial charge < -0.3 is 23.6 Å². The predicted octanol–water partition coefficient (Wildman–Crippen LogP) is 4.38. The lowest BCUT2D eigenvalue weighted by atomic mass is 10.1. The molecule has 33 heavy (non-hydrogen) atoms. The van der Waals surface area contributed by atoms with E-state index in [4.69, 9.17) is 13.9 Å². The number of nitrogens with zero attached hydrogens (tertiary/aromatic N) is 2. The molecule has 2 aromatic carbocycles. The van der Waals surface area contributed by atoms with Gasteiger partial charge >= 0.3 is 5.63 Å². The summed E-state index contributed by atoms with van der Waals surface area (Å²) in [5.74, 6) is 0.140. The van der Waals surface area contributed by atoms with Gasteiger partial charge in [-0.15, -0.1) is 0 Å². The predicted molar refractivity (Wildman–Crippen MR) is 124 cm³/mol. The van der Waals surface area contributed by atoms with Crippen molar-refractivity contribution in [3.8, 4) is 22.8 Å². The van der Waals surface area contributed by atoms with Crippen LogP contribution < -0.4 is 20.4 Å². The molecule has 0 saturated carbocycles. The number of benzene rings is 2. The molecule has 0 fully saturated rings. The molecule has 5 aromatic rings. The number of pyridine rings is 1. The van der Waals surface area contributed by atoms with Gasteiger partial charge in [0.25, 0.3) is 5.91 Å². The molecule has 5 rings (SSSR count). The van der Waals surface area contributed by atoms with E-state index in [-0.39, 0.29) is 11.1 Å². The Balaban J connectivity index is 1.46. The summed E-state index contributed by atoms with van der Waals surface area (Å²) in [6.45, 7) is 0. The van der Waals surface area contributed by atoms with Gasteiger partial charge in [0.05, 0.1) is 19.9 Å². The van der Waals surface area contributed by atoms with Crippen LogP contribution in [0.15, 0.2) is 82.3 Å². The summed E-state index contributed by atoms with van der Waals surface area (Å²) in [7, 11) is 2.94. The highest BCUT2D eigenvalue weighted by atomic mass is 16.5. The van der Waals surface area contributed by atoms with Gasteiger partial charge in [0.1, 0.15) is 11.2 Å². The van der Waals surface area contributed by atoms with Crippen molar-refractivity contribution in [3.63, 3.8) is 0 Å². The first-order valence-electron chi connectivity index (χ1n) is 10.1. The quantitative estimate of drug-likeness (QED) is 0.407. The number of anilines is 1. The third-order valence-electron chi connectivity index (χ3n) is 5.27. The van der Waals surface area contributed by atoms with Crippen LogP contribution in [0.25, 0.3) is 27.9 Å². The molecule has 0 aliphatic carbocycles. The molecule has 3 aromatic heterocycles. The summed E-state index contributed by atoms with van der Waals surface area (Å²) in [5, 5.41) is 3.31. The van der Waals surface area contributed by atoms with Crippen molar-refractivity contribution in [3.05, 3.63) is 89.0 Å². The Morgan fingerprint density at radius 2 is 1.91 bits per heavy atom. The van der Waals surface area contributed by atoms with Crippen LogP contribution in [-0.4, -0.2) is 29.5 Å². The fourth-order valence-corrected chi connectivity index (χ4v) is 3.68. The van der Waals surface area contributed by atoms with Gasteiger partial charge in [-0.05, 0) is 42.5 Å². The molecular weight excluding hydrogens is 422 g/mol. The Morgan fingerprint density at radius 1 is 1.03 bits per heavy atom. The minimum absolute atomic E-state index is 0.118. The highest BCUT2D eigenvalue weighted by molar-refractivity contribution is 6.06. The van der Waals surface area contributed by atoms with Crippen LogP contribution in [0, 0.1) is 0 Å². The minimum Gasteiger partial charge on any atom is -0.493 e. The molecule has 8 heteroatoms. The SMILES string of the molecule is COc1ccc2cc(C(=O)Nc3cccc(-c4cn5ccccc5n4)c3)c(=O)oc2c1OC. The molecule has 0 bridgehead atoms. The van der Waals surface area contributed by atoms with Crippen molar-refractivity contribution in [1.82, 2.24) is 9.38 Å². The van der Waals surface area contributed by atoms with Crippen LogP contribution in [0.4, 0.5) is 5.69 Å². The minimum atomic E-state index is -0.775. The first kappa shape index (κ1) is 20.3. The van der Waals surface area contributed by atoms with Gasteiger partial charge in [0, 0.05) is 29.0 Å². The van der Waals surface area contributed by atoms with Crippen molar-refractivity contribution in [1.29, 1.82) is 0 Å². The van der Waals surface area contributed by atoms with E-state index in [9.17, 15) is 9.59 Å². The van der Waals surface area contributed by atoms with E-state index in [0.29, 0.717) is 22.6 Å². The summed E-state index contributed by atoms with van der Waals surface area (Å²) < 4.78 is 17.9. The molecule has 0 unspecified atom stereocenters. The zero-order valence-electron chi connectivity index (χ0n) is 17.9. The number of fused-ring (bicyclic) bond motifs is 2. The second kappa shape index (κ2) is 8.16.